The highest BCUT2D eigenvalue weighted by Crippen LogP contribution is 2.34. The predicted octanol–water partition coefficient (Wildman–Crippen LogP) is 2.70. The fraction of sp³-hybridized carbons (Fsp3) is 0.294. The minimum Gasteiger partial charge on any atom is -0.382 e. The number of aryl methyl sites for hydroxylation is 1. The van der Waals surface area contributed by atoms with Crippen LogP contribution in [-0.2, 0) is 6.54 Å². The van der Waals surface area contributed by atoms with Crippen LogP contribution in [0.4, 0.5) is 0 Å². The zero-order chi connectivity index (χ0) is 17.1. The Kier molecular flexibility index (Phi) is 4.52. The topological polar surface area (TPSA) is 85.4 Å². The average molecular weight is 325 g/mol. The van der Waals surface area contributed by atoms with Crippen molar-refractivity contribution >= 4 is 16.7 Å². The molecule has 7 nitrogen and oxygen atoms in total. The van der Waals surface area contributed by atoms with Gasteiger partial charge in [0.05, 0.1) is 28.6 Å². The van der Waals surface area contributed by atoms with Crippen molar-refractivity contribution in [2.24, 2.45) is 5.16 Å². The lowest BCUT2D eigenvalue weighted by Crippen LogP contribution is -2.06. The first-order chi connectivity index (χ1) is 11.6. The summed E-state index contributed by atoms with van der Waals surface area (Å²) in [6.45, 7) is 6.35. The maximum atomic E-state index is 10.7. The number of rotatable bonds is 5. The number of aliphatic hydroxyl groups is 1. The van der Waals surface area contributed by atoms with Crippen molar-refractivity contribution in [2.45, 2.75) is 33.4 Å². The molecule has 1 N–H and O–H groups in total. The number of aromatic nitrogens is 4. The molecule has 124 valence electrons. The minimum absolute atomic E-state index is 0.444. The van der Waals surface area contributed by atoms with Gasteiger partial charge in [0, 0.05) is 18.9 Å². The maximum Gasteiger partial charge on any atom is 0.178 e. The van der Waals surface area contributed by atoms with Crippen LogP contribution in [0, 0.1) is 0 Å². The lowest BCUT2D eigenvalue weighted by molar-refractivity contribution is 0.207. The molecule has 0 aromatic carbocycles. The van der Waals surface area contributed by atoms with Gasteiger partial charge in [-0.3, -0.25) is 4.98 Å². The van der Waals surface area contributed by atoms with Crippen LogP contribution >= 0.6 is 0 Å². The van der Waals surface area contributed by atoms with Gasteiger partial charge in [-0.05, 0) is 32.9 Å². The number of fused-ring (bicyclic) bond motifs is 1. The normalized spacial score (nSPS) is 12.2. The van der Waals surface area contributed by atoms with Crippen molar-refractivity contribution in [1.29, 1.82) is 0 Å². The molecular weight excluding hydrogens is 306 g/mol. The fourth-order valence-corrected chi connectivity index (χ4v) is 2.38. The van der Waals surface area contributed by atoms with E-state index in [1.807, 2.05) is 26.8 Å². The smallest absolute Gasteiger partial charge is 0.178 e. The van der Waals surface area contributed by atoms with Gasteiger partial charge in [0.1, 0.15) is 6.10 Å². The summed E-state index contributed by atoms with van der Waals surface area (Å²) in [5, 5.41) is 19.7. The Morgan fingerprint density at radius 2 is 2.12 bits per heavy atom. The highest BCUT2D eigenvalue weighted by Gasteiger charge is 2.22. The Bertz CT molecular complexity index is 869. The van der Waals surface area contributed by atoms with Crippen molar-refractivity contribution in [1.82, 2.24) is 19.7 Å². The third kappa shape index (κ3) is 2.98. The van der Waals surface area contributed by atoms with Crippen LogP contribution in [0.25, 0.3) is 11.0 Å². The van der Waals surface area contributed by atoms with Crippen LogP contribution < -0.4 is 4.84 Å². The molecule has 24 heavy (non-hydrogen) atoms. The maximum absolute atomic E-state index is 10.7. The van der Waals surface area contributed by atoms with E-state index < -0.39 is 6.10 Å². The Labute approximate surface area is 139 Å². The molecule has 3 rings (SSSR count). The summed E-state index contributed by atoms with van der Waals surface area (Å²) in [6.07, 6.45) is 3.94. The van der Waals surface area contributed by atoms with Gasteiger partial charge < -0.3 is 9.94 Å². The summed E-state index contributed by atoms with van der Waals surface area (Å²) in [6, 6.07) is 5.37. The zero-order valence-electron chi connectivity index (χ0n) is 13.8. The van der Waals surface area contributed by atoms with E-state index >= 15 is 0 Å². The third-order valence-electron chi connectivity index (χ3n) is 3.53. The molecule has 0 fully saturated rings. The van der Waals surface area contributed by atoms with Crippen molar-refractivity contribution in [3.8, 4) is 5.75 Å². The molecule has 0 bridgehead atoms. The van der Waals surface area contributed by atoms with Crippen LogP contribution in [0.2, 0.25) is 0 Å². The molecule has 1 unspecified atom stereocenters. The predicted molar refractivity (Wildman–Crippen MR) is 90.9 cm³/mol. The van der Waals surface area contributed by atoms with E-state index in [-0.39, 0.29) is 0 Å². The minimum atomic E-state index is -0.963. The standard InChI is InChI=1S/C17H19N5O2/c1-4-22-17-13(10-20-22)16(24-21-11(2)3)12(9-19-17)15(23)14-7-5-6-8-18-14/h5-10,15,23H,4H2,1-3H3. The number of pyridine rings is 2. The second-order valence-electron chi connectivity index (χ2n) is 5.53. The quantitative estimate of drug-likeness (QED) is 0.576. The summed E-state index contributed by atoms with van der Waals surface area (Å²) in [7, 11) is 0. The summed E-state index contributed by atoms with van der Waals surface area (Å²) in [4.78, 5) is 14.3. The lowest BCUT2D eigenvalue weighted by Gasteiger charge is -2.14. The van der Waals surface area contributed by atoms with Crippen LogP contribution in [-0.4, -0.2) is 30.6 Å². The van der Waals surface area contributed by atoms with Gasteiger partial charge in [0.25, 0.3) is 0 Å². The number of nitrogens with zero attached hydrogens (tertiary/aromatic N) is 5. The highest BCUT2D eigenvalue weighted by atomic mass is 16.6. The van der Waals surface area contributed by atoms with E-state index in [1.165, 1.54) is 0 Å². The van der Waals surface area contributed by atoms with E-state index in [0.29, 0.717) is 34.6 Å². The van der Waals surface area contributed by atoms with Crippen molar-refractivity contribution in [3.05, 3.63) is 48.0 Å². The Morgan fingerprint density at radius 3 is 2.79 bits per heavy atom. The van der Waals surface area contributed by atoms with E-state index in [2.05, 4.69) is 20.2 Å². The molecule has 0 aliphatic carbocycles. The first kappa shape index (κ1) is 16.1. The molecule has 0 aliphatic rings. The lowest BCUT2D eigenvalue weighted by atomic mass is 10.1. The molecule has 1 atom stereocenters. The van der Waals surface area contributed by atoms with Gasteiger partial charge in [-0.25, -0.2) is 9.67 Å². The molecule has 0 aliphatic heterocycles. The van der Waals surface area contributed by atoms with Crippen LogP contribution in [0.3, 0.4) is 0 Å². The van der Waals surface area contributed by atoms with Crippen LogP contribution in [0.1, 0.15) is 38.1 Å². The molecule has 0 amide bonds. The first-order valence-electron chi connectivity index (χ1n) is 7.73. The number of hydrogen-bond donors (Lipinski definition) is 1. The molecule has 0 saturated carbocycles. The van der Waals surface area contributed by atoms with E-state index in [1.54, 1.807) is 35.4 Å². The van der Waals surface area contributed by atoms with E-state index in [9.17, 15) is 5.11 Å². The summed E-state index contributed by atoms with van der Waals surface area (Å²) in [5.41, 5.74) is 2.47. The summed E-state index contributed by atoms with van der Waals surface area (Å²) < 4.78 is 1.77. The van der Waals surface area contributed by atoms with Crippen molar-refractivity contribution < 1.29 is 9.94 Å². The van der Waals surface area contributed by atoms with Gasteiger partial charge in [0.2, 0.25) is 0 Å². The molecule has 0 spiro atoms. The second kappa shape index (κ2) is 6.76. The van der Waals surface area contributed by atoms with Crippen LogP contribution in [0.5, 0.6) is 5.75 Å². The molecule has 3 heterocycles. The molecule has 0 saturated heterocycles. The largest absolute Gasteiger partial charge is 0.382 e. The van der Waals surface area contributed by atoms with Gasteiger partial charge in [-0.1, -0.05) is 11.2 Å². The Morgan fingerprint density at radius 1 is 1.29 bits per heavy atom. The second-order valence-corrected chi connectivity index (χ2v) is 5.53. The Hall–Kier alpha value is -2.80. The first-order valence-corrected chi connectivity index (χ1v) is 7.73. The molecule has 0 radical (unpaired) electrons. The Balaban J connectivity index is 2.15. The monoisotopic (exact) mass is 325 g/mol. The van der Waals surface area contributed by atoms with Gasteiger partial charge in [-0.15, -0.1) is 0 Å². The number of oxime groups is 1. The van der Waals surface area contributed by atoms with E-state index in [0.717, 1.165) is 5.71 Å². The number of hydrogen-bond acceptors (Lipinski definition) is 6. The zero-order valence-corrected chi connectivity index (χ0v) is 13.8. The van der Waals surface area contributed by atoms with Crippen molar-refractivity contribution in [3.63, 3.8) is 0 Å². The SMILES string of the molecule is CCn1ncc2c(ON=C(C)C)c(C(O)c3ccccn3)cnc21. The van der Waals surface area contributed by atoms with Gasteiger partial charge >= 0.3 is 0 Å². The number of aliphatic hydroxyl groups excluding tert-OH is 1. The van der Waals surface area contributed by atoms with Crippen molar-refractivity contribution in [2.75, 3.05) is 0 Å². The third-order valence-corrected chi connectivity index (χ3v) is 3.53. The van der Waals surface area contributed by atoms with Gasteiger partial charge in [0.15, 0.2) is 11.4 Å². The molecule has 3 aromatic rings. The highest BCUT2D eigenvalue weighted by molar-refractivity contribution is 5.84. The van der Waals surface area contributed by atoms with Crippen LogP contribution in [0.15, 0.2) is 41.9 Å². The average Bonchev–Trinajstić information content (AvgIpc) is 3.03. The summed E-state index contributed by atoms with van der Waals surface area (Å²) in [5.74, 6) is 0.444. The van der Waals surface area contributed by atoms with E-state index in [4.69, 9.17) is 4.84 Å². The summed E-state index contributed by atoms with van der Waals surface area (Å²) >= 11 is 0. The molecular formula is C17H19N5O2. The van der Waals surface area contributed by atoms with Gasteiger partial charge in [-0.2, -0.15) is 5.10 Å². The molecule has 7 heteroatoms. The fourth-order valence-electron chi connectivity index (χ4n) is 2.38. The molecule has 3 aromatic heterocycles.